The number of likely N-dealkylation sites (N-methyl/N-ethyl adjacent to an activating group) is 1. The fourth-order valence-electron chi connectivity index (χ4n) is 3.05. The molecule has 28 heavy (non-hydrogen) atoms. The average Bonchev–Trinajstić information content (AvgIpc) is 3.15. The summed E-state index contributed by atoms with van der Waals surface area (Å²) in [6, 6.07) is 6.91. The van der Waals surface area contributed by atoms with Gasteiger partial charge in [0.1, 0.15) is 16.6 Å². The number of methoxy groups -OCH3 is 1. The summed E-state index contributed by atoms with van der Waals surface area (Å²) in [4.78, 5) is 28.4. The molecule has 150 valence electrons. The number of sulfone groups is 1. The highest BCUT2D eigenvalue weighted by Crippen LogP contribution is 2.33. The molecular formula is C18H20N2O5S3. The van der Waals surface area contributed by atoms with Crippen LogP contribution in [0.2, 0.25) is 0 Å². The zero-order valence-corrected chi connectivity index (χ0v) is 17.9. The van der Waals surface area contributed by atoms with Crippen molar-refractivity contribution in [2.24, 2.45) is 0 Å². The molecule has 1 unspecified atom stereocenters. The number of thioether (sulfide) groups is 1. The third-order valence-electron chi connectivity index (χ3n) is 4.71. The second-order valence-corrected chi connectivity index (χ2v) is 10.5. The minimum atomic E-state index is -3.10. The summed E-state index contributed by atoms with van der Waals surface area (Å²) in [6.07, 6.45) is 2.12. The molecule has 2 aliphatic rings. The number of ether oxygens (including phenoxy) is 1. The Bertz CT molecular complexity index is 958. The van der Waals surface area contributed by atoms with Crippen LogP contribution in [-0.4, -0.2) is 72.6 Å². The molecule has 1 aromatic carbocycles. The number of carbonyl (C=O) groups excluding carboxylic acids is 2. The van der Waals surface area contributed by atoms with E-state index in [1.54, 1.807) is 32.4 Å². The fourth-order valence-corrected chi connectivity index (χ4v) is 6.08. The summed E-state index contributed by atoms with van der Waals surface area (Å²) < 4.78 is 28.8. The van der Waals surface area contributed by atoms with Gasteiger partial charge in [-0.1, -0.05) is 36.1 Å². The Balaban J connectivity index is 1.69. The largest absolute Gasteiger partial charge is 0.497 e. The number of amides is 2. The van der Waals surface area contributed by atoms with E-state index in [1.165, 1.54) is 9.80 Å². The molecule has 0 aliphatic carbocycles. The molecule has 1 atom stereocenters. The van der Waals surface area contributed by atoms with Crippen LogP contribution in [0.4, 0.5) is 0 Å². The van der Waals surface area contributed by atoms with E-state index in [4.69, 9.17) is 17.0 Å². The van der Waals surface area contributed by atoms with E-state index >= 15 is 0 Å². The van der Waals surface area contributed by atoms with E-state index in [1.807, 2.05) is 12.1 Å². The average molecular weight is 441 g/mol. The molecule has 0 bridgehead atoms. The Kier molecular flexibility index (Phi) is 6.11. The number of benzene rings is 1. The fraction of sp³-hybridized carbons (Fsp3) is 0.389. The van der Waals surface area contributed by atoms with Gasteiger partial charge in [0.05, 0.1) is 23.5 Å². The van der Waals surface area contributed by atoms with Gasteiger partial charge < -0.3 is 9.64 Å². The first kappa shape index (κ1) is 20.8. The van der Waals surface area contributed by atoms with Gasteiger partial charge in [-0.25, -0.2) is 8.42 Å². The molecule has 2 saturated heterocycles. The molecule has 1 aromatic rings. The monoisotopic (exact) mass is 440 g/mol. The van der Waals surface area contributed by atoms with E-state index in [-0.39, 0.29) is 35.9 Å². The molecule has 2 fully saturated rings. The zero-order chi connectivity index (χ0) is 20.5. The van der Waals surface area contributed by atoms with Gasteiger partial charge in [-0.15, -0.1) is 0 Å². The van der Waals surface area contributed by atoms with Crippen molar-refractivity contribution in [2.75, 3.05) is 32.2 Å². The first-order valence-corrected chi connectivity index (χ1v) is 11.6. The molecule has 2 heterocycles. The molecule has 0 spiro atoms. The molecule has 3 rings (SSSR count). The molecule has 0 saturated carbocycles. The lowest BCUT2D eigenvalue weighted by Gasteiger charge is -2.25. The minimum Gasteiger partial charge on any atom is -0.497 e. The van der Waals surface area contributed by atoms with Crippen LogP contribution in [0, 0.1) is 0 Å². The lowest BCUT2D eigenvalue weighted by atomic mass is 10.2. The summed E-state index contributed by atoms with van der Waals surface area (Å²) in [6.45, 7) is -0.201. The van der Waals surface area contributed by atoms with E-state index in [0.29, 0.717) is 21.4 Å². The van der Waals surface area contributed by atoms with Crippen LogP contribution < -0.4 is 4.74 Å². The van der Waals surface area contributed by atoms with Gasteiger partial charge in [0.25, 0.3) is 5.91 Å². The van der Waals surface area contributed by atoms with Crippen molar-refractivity contribution in [3.05, 3.63) is 34.7 Å². The number of hydrogen-bond donors (Lipinski definition) is 0. The van der Waals surface area contributed by atoms with Crippen LogP contribution in [0.1, 0.15) is 12.0 Å². The third-order valence-corrected chi connectivity index (χ3v) is 7.84. The molecule has 2 aliphatic heterocycles. The minimum absolute atomic E-state index is 0.0383. The topological polar surface area (TPSA) is 84.0 Å². The Morgan fingerprint density at radius 1 is 1.46 bits per heavy atom. The number of thiocarbonyl (C=S) groups is 1. The second-order valence-electron chi connectivity index (χ2n) is 6.61. The van der Waals surface area contributed by atoms with Crippen LogP contribution >= 0.6 is 24.0 Å². The highest BCUT2D eigenvalue weighted by molar-refractivity contribution is 8.26. The van der Waals surface area contributed by atoms with Crippen molar-refractivity contribution in [3.63, 3.8) is 0 Å². The summed E-state index contributed by atoms with van der Waals surface area (Å²) in [5, 5.41) is 0. The first-order chi connectivity index (χ1) is 13.2. The van der Waals surface area contributed by atoms with Crippen LogP contribution in [-0.2, 0) is 19.4 Å². The molecule has 0 aromatic heterocycles. The maximum absolute atomic E-state index is 12.7. The zero-order valence-electron chi connectivity index (χ0n) is 15.5. The van der Waals surface area contributed by atoms with E-state index in [2.05, 4.69) is 0 Å². The van der Waals surface area contributed by atoms with E-state index < -0.39 is 9.84 Å². The Morgan fingerprint density at radius 3 is 2.86 bits per heavy atom. The quantitative estimate of drug-likeness (QED) is 0.507. The molecule has 7 nitrogen and oxygen atoms in total. The SMILES string of the molecule is COc1cccc(/C=C2\SC(=S)N(CC(=O)N(C)C3CCS(=O)(=O)C3)C2=O)c1. The van der Waals surface area contributed by atoms with Crippen molar-refractivity contribution in [1.82, 2.24) is 9.80 Å². The van der Waals surface area contributed by atoms with Crippen LogP contribution in [0.5, 0.6) is 5.75 Å². The Hall–Kier alpha value is -1.91. The van der Waals surface area contributed by atoms with Crippen LogP contribution in [0.15, 0.2) is 29.2 Å². The molecule has 0 radical (unpaired) electrons. The standard InChI is InChI=1S/C18H20N2O5S3/c1-19(13-6-7-28(23,24)11-13)16(21)10-20-17(22)15(27-18(20)26)9-12-4-3-5-14(8-12)25-2/h3-5,8-9,13H,6-7,10-11H2,1-2H3/b15-9-. The summed E-state index contributed by atoms with van der Waals surface area (Å²) in [7, 11) is 0.0372. The maximum atomic E-state index is 12.7. The lowest BCUT2D eigenvalue weighted by Crippen LogP contribution is -2.45. The van der Waals surface area contributed by atoms with Gasteiger partial charge in [0.2, 0.25) is 5.91 Å². The Labute approximate surface area is 173 Å². The van der Waals surface area contributed by atoms with Crippen molar-refractivity contribution in [1.29, 1.82) is 0 Å². The van der Waals surface area contributed by atoms with Crippen LogP contribution in [0.25, 0.3) is 6.08 Å². The number of hydrogen-bond acceptors (Lipinski definition) is 7. The molecule has 0 N–H and O–H groups in total. The van der Waals surface area contributed by atoms with E-state index in [9.17, 15) is 18.0 Å². The van der Waals surface area contributed by atoms with Gasteiger partial charge in [0.15, 0.2) is 9.84 Å². The Morgan fingerprint density at radius 2 is 2.21 bits per heavy atom. The predicted octanol–water partition coefficient (Wildman–Crippen LogP) is 1.54. The van der Waals surface area contributed by atoms with Gasteiger partial charge in [0, 0.05) is 13.1 Å². The lowest BCUT2D eigenvalue weighted by molar-refractivity contribution is -0.135. The normalized spacial score (nSPS) is 22.7. The summed E-state index contributed by atoms with van der Waals surface area (Å²) in [5.41, 5.74) is 0.791. The number of nitrogens with zero attached hydrogens (tertiary/aromatic N) is 2. The summed E-state index contributed by atoms with van der Waals surface area (Å²) in [5.74, 6) is 0.0513. The van der Waals surface area contributed by atoms with Crippen LogP contribution in [0.3, 0.4) is 0 Å². The van der Waals surface area contributed by atoms with Gasteiger partial charge >= 0.3 is 0 Å². The van der Waals surface area contributed by atoms with Crippen molar-refractivity contribution in [2.45, 2.75) is 12.5 Å². The molecular weight excluding hydrogens is 420 g/mol. The predicted molar refractivity (Wildman–Crippen MR) is 113 cm³/mol. The smallest absolute Gasteiger partial charge is 0.266 e. The van der Waals surface area contributed by atoms with Gasteiger partial charge in [-0.3, -0.25) is 14.5 Å². The number of rotatable bonds is 5. The maximum Gasteiger partial charge on any atom is 0.266 e. The molecule has 10 heteroatoms. The third kappa shape index (κ3) is 4.56. The molecule has 2 amide bonds. The van der Waals surface area contributed by atoms with Gasteiger partial charge in [-0.2, -0.15) is 0 Å². The number of carbonyl (C=O) groups is 2. The highest BCUT2D eigenvalue weighted by Gasteiger charge is 2.37. The highest BCUT2D eigenvalue weighted by atomic mass is 32.2. The van der Waals surface area contributed by atoms with Crippen molar-refractivity contribution < 1.29 is 22.7 Å². The van der Waals surface area contributed by atoms with Crippen molar-refractivity contribution in [3.8, 4) is 5.75 Å². The first-order valence-electron chi connectivity index (χ1n) is 8.55. The summed E-state index contributed by atoms with van der Waals surface area (Å²) >= 11 is 6.41. The van der Waals surface area contributed by atoms with Crippen molar-refractivity contribution >= 4 is 56.0 Å². The second kappa shape index (κ2) is 8.22. The van der Waals surface area contributed by atoms with Gasteiger partial charge in [-0.05, 0) is 30.2 Å². The van der Waals surface area contributed by atoms with E-state index in [0.717, 1.165) is 17.3 Å².